The Hall–Kier alpha value is -5.12. The zero-order valence-corrected chi connectivity index (χ0v) is 22.8. The maximum Gasteiger partial charge on any atom is 0.159 e. The van der Waals surface area contributed by atoms with Crippen molar-refractivity contribution in [3.8, 4) is 55.6 Å². The molecular weight excluding hydrogens is 516 g/mol. The van der Waals surface area contributed by atoms with Crippen LogP contribution in [-0.2, 0) is 0 Å². The lowest BCUT2D eigenvalue weighted by molar-refractivity contribution is 1.29. The number of benzene rings is 5. The van der Waals surface area contributed by atoms with E-state index in [1.165, 1.54) is 70.2 Å². The van der Waals surface area contributed by atoms with Crippen molar-refractivity contribution in [2.75, 3.05) is 0 Å². The lowest BCUT2D eigenvalue weighted by Gasteiger charge is -2.24. The van der Waals surface area contributed by atoms with Crippen molar-refractivity contribution in [2.45, 2.75) is 0 Å². The minimum absolute atomic E-state index is 0.764. The summed E-state index contributed by atoms with van der Waals surface area (Å²) >= 11 is 1.88. The Kier molecular flexibility index (Phi) is 4.80. The van der Waals surface area contributed by atoms with Gasteiger partial charge in [-0.2, -0.15) is 0 Å². The van der Waals surface area contributed by atoms with Gasteiger partial charge in [-0.1, -0.05) is 97.1 Å². The van der Waals surface area contributed by atoms with Crippen LogP contribution in [0.3, 0.4) is 0 Å². The largest absolute Gasteiger partial charge is 0.237 e. The van der Waals surface area contributed by atoms with Gasteiger partial charge in [0.2, 0.25) is 0 Å². The second kappa shape index (κ2) is 8.69. The standard InChI is InChI=1S/C38H22N2S/c1-2-11-27-25(9-1)26-10-3-4-12-28(26)34-22-40-38-32(16-8-20-39-38)36(34)33-21-23(18-19-29(27)33)24-14-7-15-31-30-13-5-6-17-35(30)41-37(24)31/h1-22H. The molecule has 0 saturated heterocycles. The highest BCUT2D eigenvalue weighted by Gasteiger charge is 2.24. The van der Waals surface area contributed by atoms with E-state index >= 15 is 0 Å². The predicted molar refractivity (Wildman–Crippen MR) is 173 cm³/mol. The molecule has 3 heteroatoms. The smallest absolute Gasteiger partial charge is 0.159 e. The molecule has 5 aromatic carbocycles. The first-order valence-electron chi connectivity index (χ1n) is 13.8. The van der Waals surface area contributed by atoms with Crippen LogP contribution < -0.4 is 0 Å². The summed E-state index contributed by atoms with van der Waals surface area (Å²) in [5.41, 5.74) is 12.9. The molecule has 190 valence electrons. The van der Waals surface area contributed by atoms with Gasteiger partial charge in [0.05, 0.1) is 0 Å². The Bertz CT molecular complexity index is 2330. The highest BCUT2D eigenvalue weighted by atomic mass is 32.1. The van der Waals surface area contributed by atoms with Gasteiger partial charge in [0.25, 0.3) is 0 Å². The van der Waals surface area contributed by atoms with Gasteiger partial charge in [0.1, 0.15) is 0 Å². The van der Waals surface area contributed by atoms with Gasteiger partial charge in [0.15, 0.2) is 5.65 Å². The maximum atomic E-state index is 4.83. The van der Waals surface area contributed by atoms with Gasteiger partial charge in [-0.3, -0.25) is 0 Å². The van der Waals surface area contributed by atoms with Crippen LogP contribution in [0.4, 0.5) is 0 Å². The molecule has 1 aliphatic carbocycles. The van der Waals surface area contributed by atoms with E-state index in [4.69, 9.17) is 4.98 Å². The minimum Gasteiger partial charge on any atom is -0.237 e. The van der Waals surface area contributed by atoms with E-state index in [1.54, 1.807) is 0 Å². The van der Waals surface area contributed by atoms with Crippen LogP contribution in [0.1, 0.15) is 0 Å². The van der Waals surface area contributed by atoms with Crippen LogP contribution in [-0.4, -0.2) is 9.97 Å². The zero-order chi connectivity index (χ0) is 26.9. The van der Waals surface area contributed by atoms with Crippen molar-refractivity contribution in [1.82, 2.24) is 9.97 Å². The van der Waals surface area contributed by atoms with E-state index < -0.39 is 0 Å². The summed E-state index contributed by atoms with van der Waals surface area (Å²) in [6.45, 7) is 0. The Morgan fingerprint density at radius 2 is 1.07 bits per heavy atom. The van der Waals surface area contributed by atoms with Gasteiger partial charge < -0.3 is 0 Å². The summed E-state index contributed by atoms with van der Waals surface area (Å²) in [6.07, 6.45) is 3.84. The van der Waals surface area contributed by atoms with Gasteiger partial charge in [-0.15, -0.1) is 11.3 Å². The highest BCUT2D eigenvalue weighted by Crippen LogP contribution is 2.50. The van der Waals surface area contributed by atoms with E-state index in [-0.39, 0.29) is 0 Å². The van der Waals surface area contributed by atoms with Crippen molar-refractivity contribution in [3.05, 3.63) is 134 Å². The van der Waals surface area contributed by atoms with Gasteiger partial charge in [-0.05, 0) is 68.8 Å². The molecule has 9 rings (SSSR count). The van der Waals surface area contributed by atoms with E-state index in [1.807, 2.05) is 29.8 Å². The first-order chi connectivity index (χ1) is 20.3. The molecule has 41 heavy (non-hydrogen) atoms. The summed E-state index contributed by atoms with van der Waals surface area (Å²) in [6, 6.07) is 44.1. The van der Waals surface area contributed by atoms with Gasteiger partial charge >= 0.3 is 0 Å². The summed E-state index contributed by atoms with van der Waals surface area (Å²) in [5, 5.41) is 3.70. The molecule has 2 nitrogen and oxygen atoms in total. The molecule has 0 atom stereocenters. The second-order valence-electron chi connectivity index (χ2n) is 10.6. The van der Waals surface area contributed by atoms with Crippen LogP contribution in [0.5, 0.6) is 0 Å². The number of fused-ring (bicyclic) bond motifs is 13. The Labute approximate surface area is 241 Å². The molecule has 0 unspecified atom stereocenters. The molecule has 0 fully saturated rings. The summed E-state index contributed by atoms with van der Waals surface area (Å²) in [5.74, 6) is 0. The van der Waals surface area contributed by atoms with E-state index in [9.17, 15) is 0 Å². The lowest BCUT2D eigenvalue weighted by Crippen LogP contribution is -1.99. The number of hydrogen-bond acceptors (Lipinski definition) is 3. The average molecular weight is 539 g/mol. The Morgan fingerprint density at radius 3 is 1.88 bits per heavy atom. The number of thiophene rings is 1. The second-order valence-corrected chi connectivity index (χ2v) is 11.6. The van der Waals surface area contributed by atoms with Gasteiger partial charge in [-0.25, -0.2) is 9.97 Å². The molecule has 8 aromatic rings. The van der Waals surface area contributed by atoms with Crippen LogP contribution in [0.15, 0.2) is 134 Å². The van der Waals surface area contributed by atoms with Crippen molar-refractivity contribution < 1.29 is 0 Å². The molecule has 0 N–H and O–H groups in total. The molecule has 0 amide bonds. The van der Waals surface area contributed by atoms with Crippen LogP contribution in [0.2, 0.25) is 0 Å². The van der Waals surface area contributed by atoms with E-state index in [0.717, 1.165) is 16.6 Å². The van der Waals surface area contributed by atoms with Gasteiger partial charge in [0, 0.05) is 49.1 Å². The molecule has 0 saturated carbocycles. The van der Waals surface area contributed by atoms with E-state index in [0.29, 0.717) is 0 Å². The van der Waals surface area contributed by atoms with Crippen molar-refractivity contribution in [3.63, 3.8) is 0 Å². The summed E-state index contributed by atoms with van der Waals surface area (Å²) < 4.78 is 2.65. The SMILES string of the molecule is c1ccc2c(c1)-c1ccccc1-c1cnc3ncccc3c1-c1cc(-c3cccc4c3sc3ccccc34)ccc1-2. The quantitative estimate of drug-likeness (QED) is 0.208. The van der Waals surface area contributed by atoms with Crippen molar-refractivity contribution in [2.24, 2.45) is 0 Å². The molecule has 0 spiro atoms. The topological polar surface area (TPSA) is 25.8 Å². The molecule has 0 aliphatic heterocycles. The van der Waals surface area contributed by atoms with Crippen LogP contribution >= 0.6 is 11.3 Å². The van der Waals surface area contributed by atoms with Crippen molar-refractivity contribution >= 4 is 42.5 Å². The monoisotopic (exact) mass is 538 g/mol. The molecule has 1 aliphatic rings. The highest BCUT2D eigenvalue weighted by molar-refractivity contribution is 7.26. The first-order valence-corrected chi connectivity index (χ1v) is 14.6. The minimum atomic E-state index is 0.764. The fourth-order valence-corrected chi connectivity index (χ4v) is 7.80. The Balaban J connectivity index is 1.42. The number of hydrogen-bond donors (Lipinski definition) is 0. The average Bonchev–Trinajstić information content (AvgIpc) is 3.42. The van der Waals surface area contributed by atoms with Crippen LogP contribution in [0.25, 0.3) is 86.8 Å². The Morgan fingerprint density at radius 1 is 0.439 bits per heavy atom. The third-order valence-corrected chi connectivity index (χ3v) is 9.59. The number of nitrogens with zero attached hydrogens (tertiary/aromatic N) is 2. The molecule has 3 heterocycles. The molecule has 3 aromatic heterocycles. The molecule has 0 bridgehead atoms. The molecular formula is C38H22N2S. The maximum absolute atomic E-state index is 4.83. The normalized spacial score (nSPS) is 11.9. The summed E-state index contributed by atoms with van der Waals surface area (Å²) in [7, 11) is 0. The van der Waals surface area contributed by atoms with E-state index in [2.05, 4.69) is 120 Å². The predicted octanol–water partition coefficient (Wildman–Crippen LogP) is 10.6. The third-order valence-electron chi connectivity index (χ3n) is 8.37. The number of aromatic nitrogens is 2. The van der Waals surface area contributed by atoms with Crippen LogP contribution in [0, 0.1) is 0 Å². The summed E-state index contributed by atoms with van der Waals surface area (Å²) in [4.78, 5) is 9.48. The zero-order valence-electron chi connectivity index (χ0n) is 22.0. The fourth-order valence-electron chi connectivity index (χ4n) is 6.56. The van der Waals surface area contributed by atoms with Crippen molar-refractivity contribution in [1.29, 1.82) is 0 Å². The first kappa shape index (κ1) is 22.7. The fraction of sp³-hybridized carbons (Fsp3) is 0. The third kappa shape index (κ3) is 3.30. The number of pyridine rings is 2. The number of rotatable bonds is 1. The molecule has 0 radical (unpaired) electrons. The lowest BCUT2D eigenvalue weighted by atomic mass is 9.80.